The average molecular weight is 195 g/mol. The number of carbonyl (C=O) groups is 1. The van der Waals surface area contributed by atoms with Crippen LogP contribution in [0.2, 0.25) is 0 Å². The molecule has 0 aromatic carbocycles. The summed E-state index contributed by atoms with van der Waals surface area (Å²) >= 11 is 0. The Hall–Kier alpha value is -1.35. The molecule has 0 spiro atoms. The van der Waals surface area contributed by atoms with Gasteiger partial charge in [-0.2, -0.15) is 0 Å². The molecule has 0 saturated carbocycles. The first-order valence-electron chi connectivity index (χ1n) is 4.52. The molecule has 14 heavy (non-hydrogen) atoms. The predicted molar refractivity (Wildman–Crippen MR) is 57.9 cm³/mol. The highest BCUT2D eigenvalue weighted by Gasteiger charge is 2.13. The Morgan fingerprint density at radius 1 is 1.64 bits per heavy atom. The summed E-state index contributed by atoms with van der Waals surface area (Å²) in [5.74, 6) is -0.971. The SMILES string of the molecule is C=C/C=C(\C=C/C)C(CN)CC(=O)O. The van der Waals surface area contributed by atoms with E-state index >= 15 is 0 Å². The van der Waals surface area contributed by atoms with Gasteiger partial charge in [-0.15, -0.1) is 0 Å². The first kappa shape index (κ1) is 12.7. The lowest BCUT2D eigenvalue weighted by Gasteiger charge is -2.13. The van der Waals surface area contributed by atoms with Crippen molar-refractivity contribution in [3.8, 4) is 0 Å². The summed E-state index contributed by atoms with van der Waals surface area (Å²) in [6.07, 6.45) is 7.21. The average Bonchev–Trinajstić information content (AvgIpc) is 2.13. The minimum absolute atomic E-state index is 0.0561. The summed E-state index contributed by atoms with van der Waals surface area (Å²) in [6.45, 7) is 5.79. The third kappa shape index (κ3) is 4.62. The molecule has 0 amide bonds. The fourth-order valence-corrected chi connectivity index (χ4v) is 1.20. The number of carboxylic acids is 1. The van der Waals surface area contributed by atoms with Crippen LogP contribution in [0.15, 0.2) is 36.5 Å². The van der Waals surface area contributed by atoms with E-state index in [1.807, 2.05) is 19.1 Å². The standard InChI is InChI=1S/C11H17NO2/c1-3-5-9(6-4-2)10(8-12)7-11(13)14/h3-6,10H,1,7-8,12H2,2H3,(H,13,14)/b6-4-,9-5+. The van der Waals surface area contributed by atoms with E-state index in [0.717, 1.165) is 5.57 Å². The van der Waals surface area contributed by atoms with Crippen LogP contribution in [0, 0.1) is 5.92 Å². The van der Waals surface area contributed by atoms with Crippen molar-refractivity contribution < 1.29 is 9.90 Å². The van der Waals surface area contributed by atoms with Gasteiger partial charge in [0.25, 0.3) is 0 Å². The van der Waals surface area contributed by atoms with Crippen LogP contribution in [-0.2, 0) is 4.79 Å². The smallest absolute Gasteiger partial charge is 0.304 e. The van der Waals surface area contributed by atoms with Gasteiger partial charge in [-0.25, -0.2) is 0 Å². The van der Waals surface area contributed by atoms with Gasteiger partial charge in [0.1, 0.15) is 0 Å². The van der Waals surface area contributed by atoms with E-state index in [1.54, 1.807) is 12.2 Å². The van der Waals surface area contributed by atoms with Crippen LogP contribution < -0.4 is 5.73 Å². The highest BCUT2D eigenvalue weighted by atomic mass is 16.4. The fraction of sp³-hybridized carbons (Fsp3) is 0.364. The third-order valence-corrected chi connectivity index (χ3v) is 1.85. The number of nitrogens with two attached hydrogens (primary N) is 1. The van der Waals surface area contributed by atoms with Crippen LogP contribution in [0.3, 0.4) is 0 Å². The fourth-order valence-electron chi connectivity index (χ4n) is 1.20. The minimum Gasteiger partial charge on any atom is -0.481 e. The maximum absolute atomic E-state index is 10.5. The van der Waals surface area contributed by atoms with E-state index < -0.39 is 5.97 Å². The molecule has 0 aliphatic heterocycles. The zero-order chi connectivity index (χ0) is 11.0. The number of hydrogen-bond acceptors (Lipinski definition) is 2. The Morgan fingerprint density at radius 3 is 2.64 bits per heavy atom. The Morgan fingerprint density at radius 2 is 2.29 bits per heavy atom. The molecule has 1 atom stereocenters. The molecule has 3 N–H and O–H groups in total. The van der Waals surface area contributed by atoms with Gasteiger partial charge < -0.3 is 10.8 Å². The van der Waals surface area contributed by atoms with Gasteiger partial charge in [0.05, 0.1) is 6.42 Å². The third-order valence-electron chi connectivity index (χ3n) is 1.85. The van der Waals surface area contributed by atoms with Crippen LogP contribution in [0.1, 0.15) is 13.3 Å². The molecule has 0 radical (unpaired) electrons. The molecule has 0 aliphatic rings. The van der Waals surface area contributed by atoms with E-state index in [1.165, 1.54) is 0 Å². The van der Waals surface area contributed by atoms with Crippen LogP contribution in [0.4, 0.5) is 0 Å². The largest absolute Gasteiger partial charge is 0.481 e. The van der Waals surface area contributed by atoms with Crippen molar-refractivity contribution in [3.63, 3.8) is 0 Å². The Balaban J connectivity index is 4.66. The zero-order valence-corrected chi connectivity index (χ0v) is 8.44. The van der Waals surface area contributed by atoms with Gasteiger partial charge in [-0.05, 0) is 19.0 Å². The molecular weight excluding hydrogens is 178 g/mol. The van der Waals surface area contributed by atoms with Gasteiger partial charge >= 0.3 is 5.97 Å². The van der Waals surface area contributed by atoms with E-state index in [0.29, 0.717) is 6.54 Å². The number of hydrogen-bond donors (Lipinski definition) is 2. The van der Waals surface area contributed by atoms with Crippen molar-refractivity contribution in [1.29, 1.82) is 0 Å². The molecule has 0 aliphatic carbocycles. The molecule has 78 valence electrons. The summed E-state index contributed by atoms with van der Waals surface area (Å²) in [5.41, 5.74) is 6.42. The molecule has 3 nitrogen and oxygen atoms in total. The first-order chi connectivity index (χ1) is 6.65. The van der Waals surface area contributed by atoms with Crippen LogP contribution in [0.25, 0.3) is 0 Å². The topological polar surface area (TPSA) is 63.3 Å². The molecule has 0 fully saturated rings. The monoisotopic (exact) mass is 195 g/mol. The second-order valence-corrected chi connectivity index (χ2v) is 2.93. The van der Waals surface area contributed by atoms with Crippen molar-refractivity contribution in [2.45, 2.75) is 13.3 Å². The maximum Gasteiger partial charge on any atom is 0.304 e. The van der Waals surface area contributed by atoms with Crippen LogP contribution >= 0.6 is 0 Å². The number of rotatable bonds is 6. The van der Waals surface area contributed by atoms with Gasteiger partial charge in [-0.3, -0.25) is 4.79 Å². The van der Waals surface area contributed by atoms with E-state index in [-0.39, 0.29) is 12.3 Å². The van der Waals surface area contributed by atoms with E-state index in [9.17, 15) is 4.79 Å². The van der Waals surface area contributed by atoms with Gasteiger partial charge in [-0.1, -0.05) is 30.9 Å². The van der Waals surface area contributed by atoms with Crippen molar-refractivity contribution in [2.75, 3.05) is 6.54 Å². The Bertz CT molecular complexity index is 254. The second kappa shape index (κ2) is 7.09. The summed E-state index contributed by atoms with van der Waals surface area (Å²) in [7, 11) is 0. The quantitative estimate of drug-likeness (QED) is 0.634. The second-order valence-electron chi connectivity index (χ2n) is 2.93. The molecule has 1 unspecified atom stereocenters. The van der Waals surface area contributed by atoms with Crippen molar-refractivity contribution in [1.82, 2.24) is 0 Å². The number of aliphatic carboxylic acids is 1. The van der Waals surface area contributed by atoms with E-state index in [2.05, 4.69) is 6.58 Å². The lowest BCUT2D eigenvalue weighted by atomic mass is 9.95. The van der Waals surface area contributed by atoms with Crippen molar-refractivity contribution in [2.24, 2.45) is 11.7 Å². The molecule has 3 heteroatoms. The lowest BCUT2D eigenvalue weighted by molar-refractivity contribution is -0.137. The lowest BCUT2D eigenvalue weighted by Crippen LogP contribution is -2.19. The van der Waals surface area contributed by atoms with Gasteiger partial charge in [0, 0.05) is 5.92 Å². The maximum atomic E-state index is 10.5. The number of carboxylic acid groups (broad SMARTS) is 1. The van der Waals surface area contributed by atoms with Gasteiger partial charge in [0.15, 0.2) is 0 Å². The minimum atomic E-state index is -0.833. The Labute approximate surface area is 84.6 Å². The molecule has 0 aromatic rings. The van der Waals surface area contributed by atoms with E-state index in [4.69, 9.17) is 10.8 Å². The Kier molecular flexibility index (Phi) is 6.41. The summed E-state index contributed by atoms with van der Waals surface area (Å²) in [5, 5.41) is 8.67. The molecule has 0 bridgehead atoms. The summed E-state index contributed by atoms with van der Waals surface area (Å²) in [4.78, 5) is 10.5. The highest BCUT2D eigenvalue weighted by Crippen LogP contribution is 2.15. The first-order valence-corrected chi connectivity index (χ1v) is 4.52. The van der Waals surface area contributed by atoms with Crippen molar-refractivity contribution >= 4 is 5.97 Å². The van der Waals surface area contributed by atoms with Gasteiger partial charge in [0.2, 0.25) is 0 Å². The summed E-state index contributed by atoms with van der Waals surface area (Å²) in [6, 6.07) is 0. The molecule has 0 heterocycles. The molecule has 0 saturated heterocycles. The zero-order valence-electron chi connectivity index (χ0n) is 8.44. The number of allylic oxidation sites excluding steroid dienone is 4. The van der Waals surface area contributed by atoms with Crippen LogP contribution in [0.5, 0.6) is 0 Å². The van der Waals surface area contributed by atoms with Crippen LogP contribution in [-0.4, -0.2) is 17.6 Å². The molecular formula is C11H17NO2. The molecule has 0 rings (SSSR count). The van der Waals surface area contributed by atoms with Crippen molar-refractivity contribution in [3.05, 3.63) is 36.5 Å². The predicted octanol–water partition coefficient (Wildman–Crippen LogP) is 1.72. The summed E-state index contributed by atoms with van der Waals surface area (Å²) < 4.78 is 0. The highest BCUT2D eigenvalue weighted by molar-refractivity contribution is 5.67. The molecule has 0 aromatic heterocycles. The normalized spacial score (nSPS) is 14.3.